The van der Waals surface area contributed by atoms with E-state index in [-0.39, 0.29) is 30.0 Å². The predicted octanol–water partition coefficient (Wildman–Crippen LogP) is 3.02. The molecule has 1 aromatic carbocycles. The Hall–Kier alpha value is -2.21. The van der Waals surface area contributed by atoms with Gasteiger partial charge in [-0.1, -0.05) is 6.92 Å². The van der Waals surface area contributed by atoms with E-state index in [4.69, 9.17) is 10.5 Å². The van der Waals surface area contributed by atoms with Crippen molar-refractivity contribution in [3.8, 4) is 5.75 Å². The van der Waals surface area contributed by atoms with Gasteiger partial charge in [0.1, 0.15) is 11.4 Å². The van der Waals surface area contributed by atoms with Crippen LogP contribution in [0, 0.1) is 0 Å². The van der Waals surface area contributed by atoms with Crippen LogP contribution in [0.3, 0.4) is 0 Å². The largest absolute Gasteiger partial charge is 0.487 e. The first-order chi connectivity index (χ1) is 11.3. The van der Waals surface area contributed by atoms with Gasteiger partial charge in [0.05, 0.1) is 17.3 Å². The Kier molecular flexibility index (Phi) is 5.32. The summed E-state index contributed by atoms with van der Waals surface area (Å²) in [4.78, 5) is 12.8. The Bertz CT molecular complexity index is 785. The second-order valence-corrected chi connectivity index (χ2v) is 6.91. The van der Waals surface area contributed by atoms with Gasteiger partial charge in [-0.15, -0.1) is 12.4 Å². The zero-order chi connectivity index (χ0) is 17.5. The molecule has 1 aromatic heterocycles. The molecule has 7 heteroatoms. The van der Waals surface area contributed by atoms with E-state index in [1.807, 2.05) is 46.0 Å². The molecular formula is C18H25ClN4O2. The van der Waals surface area contributed by atoms with Crippen molar-refractivity contribution < 1.29 is 9.53 Å². The first kappa shape index (κ1) is 19.1. The standard InChI is InChI=1S/C18H24N4O2.ClH/c1-5-14-13(10-22(4)21-14)17(23)20-15-9-18(2,3)24-16-7-6-11(19)8-12(15)16;/h6-8,10,15H,5,9,19H2,1-4H3,(H,20,23);1H. The van der Waals surface area contributed by atoms with Gasteiger partial charge in [-0.05, 0) is 38.5 Å². The molecule has 25 heavy (non-hydrogen) atoms. The summed E-state index contributed by atoms with van der Waals surface area (Å²) in [7, 11) is 1.82. The number of aryl methyl sites for hydroxylation is 2. The molecule has 0 saturated carbocycles. The Morgan fingerprint density at radius 1 is 1.48 bits per heavy atom. The number of nitrogen functional groups attached to an aromatic ring is 1. The Labute approximate surface area is 154 Å². The number of hydrogen-bond acceptors (Lipinski definition) is 4. The summed E-state index contributed by atoms with van der Waals surface area (Å²) in [6.07, 6.45) is 3.15. The van der Waals surface area contributed by atoms with Crippen LogP contribution in [0.5, 0.6) is 5.75 Å². The number of benzene rings is 1. The van der Waals surface area contributed by atoms with Crippen LogP contribution in [0.15, 0.2) is 24.4 Å². The molecule has 0 bridgehead atoms. The van der Waals surface area contributed by atoms with Gasteiger partial charge in [0.25, 0.3) is 5.91 Å². The molecule has 0 spiro atoms. The highest BCUT2D eigenvalue weighted by Crippen LogP contribution is 2.40. The average Bonchev–Trinajstić information content (AvgIpc) is 2.88. The van der Waals surface area contributed by atoms with Crippen molar-refractivity contribution in [2.75, 3.05) is 5.73 Å². The number of nitrogens with two attached hydrogens (primary N) is 1. The molecule has 6 nitrogen and oxygen atoms in total. The van der Waals surface area contributed by atoms with Gasteiger partial charge in [-0.2, -0.15) is 5.10 Å². The number of anilines is 1. The second-order valence-electron chi connectivity index (χ2n) is 6.91. The van der Waals surface area contributed by atoms with Crippen LogP contribution in [0.25, 0.3) is 0 Å². The number of hydrogen-bond donors (Lipinski definition) is 2. The van der Waals surface area contributed by atoms with Gasteiger partial charge in [0.2, 0.25) is 0 Å². The van der Waals surface area contributed by atoms with Crippen molar-refractivity contribution in [2.45, 2.75) is 45.3 Å². The number of halogens is 1. The van der Waals surface area contributed by atoms with Crippen LogP contribution in [0.2, 0.25) is 0 Å². The van der Waals surface area contributed by atoms with Crippen molar-refractivity contribution in [2.24, 2.45) is 7.05 Å². The number of aromatic nitrogens is 2. The zero-order valence-corrected chi connectivity index (χ0v) is 15.8. The molecule has 1 aliphatic rings. The molecule has 2 aromatic rings. The third kappa shape index (κ3) is 3.90. The molecule has 1 atom stereocenters. The van der Waals surface area contributed by atoms with Gasteiger partial charge in [0.15, 0.2) is 0 Å². The number of carbonyl (C=O) groups is 1. The number of nitrogens with one attached hydrogen (secondary N) is 1. The molecule has 0 saturated heterocycles. The number of rotatable bonds is 3. The summed E-state index contributed by atoms with van der Waals surface area (Å²) < 4.78 is 7.69. The molecule has 2 heterocycles. The topological polar surface area (TPSA) is 82.2 Å². The van der Waals surface area contributed by atoms with E-state index >= 15 is 0 Å². The summed E-state index contributed by atoms with van der Waals surface area (Å²) >= 11 is 0. The lowest BCUT2D eigenvalue weighted by molar-refractivity contribution is 0.0620. The van der Waals surface area contributed by atoms with Crippen molar-refractivity contribution in [3.63, 3.8) is 0 Å². The van der Waals surface area contributed by atoms with E-state index in [1.165, 1.54) is 0 Å². The van der Waals surface area contributed by atoms with Crippen LogP contribution < -0.4 is 15.8 Å². The number of fused-ring (bicyclic) bond motifs is 1. The summed E-state index contributed by atoms with van der Waals surface area (Å²) in [6, 6.07) is 5.41. The minimum absolute atomic E-state index is 0. The molecule has 1 unspecified atom stereocenters. The summed E-state index contributed by atoms with van der Waals surface area (Å²) in [6.45, 7) is 6.03. The van der Waals surface area contributed by atoms with Gasteiger partial charge in [-0.25, -0.2) is 0 Å². The maximum atomic E-state index is 12.8. The molecule has 3 rings (SSSR count). The van der Waals surface area contributed by atoms with Gasteiger partial charge in [0, 0.05) is 30.9 Å². The van der Waals surface area contributed by atoms with E-state index in [0.29, 0.717) is 24.1 Å². The van der Waals surface area contributed by atoms with Crippen molar-refractivity contribution >= 4 is 24.0 Å². The number of carbonyl (C=O) groups excluding carboxylic acids is 1. The molecule has 136 valence electrons. The molecule has 0 radical (unpaired) electrons. The third-order valence-corrected chi connectivity index (χ3v) is 4.28. The maximum Gasteiger partial charge on any atom is 0.255 e. The van der Waals surface area contributed by atoms with Crippen LogP contribution in [-0.2, 0) is 13.5 Å². The SMILES string of the molecule is CCc1nn(C)cc1C(=O)NC1CC(C)(C)Oc2ccc(N)cc21.Cl. The Morgan fingerprint density at radius 2 is 2.20 bits per heavy atom. The molecule has 3 N–H and O–H groups in total. The molecule has 1 aliphatic heterocycles. The van der Waals surface area contributed by atoms with Crippen LogP contribution in [-0.4, -0.2) is 21.3 Å². The number of amides is 1. The zero-order valence-electron chi connectivity index (χ0n) is 15.0. The van der Waals surface area contributed by atoms with E-state index in [2.05, 4.69) is 10.4 Å². The fraction of sp³-hybridized carbons (Fsp3) is 0.444. The smallest absolute Gasteiger partial charge is 0.255 e. The minimum Gasteiger partial charge on any atom is -0.487 e. The molecule has 0 fully saturated rings. The maximum absolute atomic E-state index is 12.8. The lowest BCUT2D eigenvalue weighted by atomic mass is 9.89. The Balaban J connectivity index is 0.00000225. The van der Waals surface area contributed by atoms with Crippen LogP contribution >= 0.6 is 12.4 Å². The van der Waals surface area contributed by atoms with E-state index in [0.717, 1.165) is 17.0 Å². The van der Waals surface area contributed by atoms with E-state index in [1.54, 1.807) is 10.9 Å². The van der Waals surface area contributed by atoms with Crippen molar-refractivity contribution in [1.82, 2.24) is 15.1 Å². The monoisotopic (exact) mass is 364 g/mol. The van der Waals surface area contributed by atoms with E-state index in [9.17, 15) is 4.79 Å². The number of ether oxygens (including phenoxy) is 1. The average molecular weight is 365 g/mol. The highest BCUT2D eigenvalue weighted by molar-refractivity contribution is 5.95. The lowest BCUT2D eigenvalue weighted by Gasteiger charge is -2.38. The Morgan fingerprint density at radius 3 is 2.88 bits per heavy atom. The van der Waals surface area contributed by atoms with Gasteiger partial charge in [-0.3, -0.25) is 9.48 Å². The summed E-state index contributed by atoms with van der Waals surface area (Å²) in [5.74, 6) is 0.656. The highest BCUT2D eigenvalue weighted by atomic mass is 35.5. The molecular weight excluding hydrogens is 340 g/mol. The van der Waals surface area contributed by atoms with Crippen molar-refractivity contribution in [1.29, 1.82) is 0 Å². The first-order valence-corrected chi connectivity index (χ1v) is 8.21. The first-order valence-electron chi connectivity index (χ1n) is 8.21. The molecule has 1 amide bonds. The van der Waals surface area contributed by atoms with Crippen molar-refractivity contribution in [3.05, 3.63) is 41.2 Å². The second kappa shape index (κ2) is 6.96. The van der Waals surface area contributed by atoms with E-state index < -0.39 is 0 Å². The van der Waals surface area contributed by atoms with Gasteiger partial charge >= 0.3 is 0 Å². The predicted molar refractivity (Wildman–Crippen MR) is 100 cm³/mol. The highest BCUT2D eigenvalue weighted by Gasteiger charge is 2.35. The quantitative estimate of drug-likeness (QED) is 0.820. The lowest BCUT2D eigenvalue weighted by Crippen LogP contribution is -2.41. The minimum atomic E-state index is -0.358. The number of nitrogens with zero attached hydrogens (tertiary/aromatic N) is 2. The normalized spacial score (nSPS) is 17.8. The fourth-order valence-electron chi connectivity index (χ4n) is 3.22. The summed E-state index contributed by atoms with van der Waals surface area (Å²) in [5.41, 5.74) is 8.56. The third-order valence-electron chi connectivity index (χ3n) is 4.28. The fourth-order valence-corrected chi connectivity index (χ4v) is 3.22. The van der Waals surface area contributed by atoms with Crippen LogP contribution in [0.4, 0.5) is 5.69 Å². The summed E-state index contributed by atoms with van der Waals surface area (Å²) in [5, 5.41) is 7.48. The van der Waals surface area contributed by atoms with Gasteiger partial charge < -0.3 is 15.8 Å². The molecule has 0 aliphatic carbocycles. The van der Waals surface area contributed by atoms with Crippen LogP contribution in [0.1, 0.15) is 54.8 Å².